The Labute approximate surface area is 140 Å². The summed E-state index contributed by atoms with van der Waals surface area (Å²) in [4.78, 5) is 12.5. The van der Waals surface area contributed by atoms with Gasteiger partial charge in [-0.1, -0.05) is 47.3 Å². The van der Waals surface area contributed by atoms with E-state index >= 15 is 0 Å². The van der Waals surface area contributed by atoms with Crippen LogP contribution in [-0.4, -0.2) is 11.4 Å². The SMILES string of the molecule is Cl.NC1(C(=O)NC2CCc3c(Br)cccc32)CCCCC1. The zero-order chi connectivity index (χ0) is 14.2. The number of carbonyl (C=O) groups excluding carboxylic acids is 1. The van der Waals surface area contributed by atoms with Crippen molar-refractivity contribution in [3.8, 4) is 0 Å². The van der Waals surface area contributed by atoms with Crippen molar-refractivity contribution in [3.63, 3.8) is 0 Å². The molecule has 1 aromatic rings. The van der Waals surface area contributed by atoms with Crippen molar-refractivity contribution in [3.05, 3.63) is 33.8 Å². The molecule has 0 aliphatic heterocycles. The summed E-state index contributed by atoms with van der Waals surface area (Å²) in [6.45, 7) is 0. The maximum absolute atomic E-state index is 12.5. The zero-order valence-electron chi connectivity index (χ0n) is 12.0. The highest BCUT2D eigenvalue weighted by molar-refractivity contribution is 9.10. The van der Waals surface area contributed by atoms with Crippen molar-refractivity contribution in [2.75, 3.05) is 0 Å². The lowest BCUT2D eigenvalue weighted by molar-refractivity contribution is -0.128. The molecule has 1 aromatic carbocycles. The van der Waals surface area contributed by atoms with E-state index in [0.717, 1.165) is 43.0 Å². The predicted molar refractivity (Wildman–Crippen MR) is 90.6 cm³/mol. The van der Waals surface area contributed by atoms with Gasteiger partial charge < -0.3 is 11.1 Å². The zero-order valence-corrected chi connectivity index (χ0v) is 14.4. The molecule has 3 nitrogen and oxygen atoms in total. The van der Waals surface area contributed by atoms with Crippen LogP contribution in [0, 0.1) is 0 Å². The van der Waals surface area contributed by atoms with Crippen LogP contribution >= 0.6 is 28.3 Å². The second-order valence-corrected chi connectivity index (χ2v) is 6.94. The number of fused-ring (bicyclic) bond motifs is 1. The third kappa shape index (κ3) is 3.27. The second kappa shape index (κ2) is 6.67. The van der Waals surface area contributed by atoms with Crippen molar-refractivity contribution < 1.29 is 4.79 Å². The van der Waals surface area contributed by atoms with Crippen LogP contribution in [0.4, 0.5) is 0 Å². The molecule has 21 heavy (non-hydrogen) atoms. The Morgan fingerprint density at radius 3 is 2.71 bits per heavy atom. The van der Waals surface area contributed by atoms with Gasteiger partial charge in [0.2, 0.25) is 5.91 Å². The summed E-state index contributed by atoms with van der Waals surface area (Å²) in [6, 6.07) is 6.33. The van der Waals surface area contributed by atoms with E-state index in [1.165, 1.54) is 17.5 Å². The van der Waals surface area contributed by atoms with Gasteiger partial charge in [-0.15, -0.1) is 12.4 Å². The number of hydrogen-bond acceptors (Lipinski definition) is 2. The van der Waals surface area contributed by atoms with E-state index < -0.39 is 5.54 Å². The molecule has 0 spiro atoms. The highest BCUT2D eigenvalue weighted by Crippen LogP contribution is 2.36. The van der Waals surface area contributed by atoms with Crippen LogP contribution in [0.1, 0.15) is 55.7 Å². The largest absolute Gasteiger partial charge is 0.348 e. The first-order valence-corrected chi connectivity index (χ1v) is 8.27. The summed E-state index contributed by atoms with van der Waals surface area (Å²) >= 11 is 3.59. The summed E-state index contributed by atoms with van der Waals surface area (Å²) in [7, 11) is 0. The molecule has 1 saturated carbocycles. The van der Waals surface area contributed by atoms with Gasteiger partial charge in [0.15, 0.2) is 0 Å². The van der Waals surface area contributed by atoms with Gasteiger partial charge in [0.1, 0.15) is 0 Å². The van der Waals surface area contributed by atoms with Gasteiger partial charge in [0.25, 0.3) is 0 Å². The Kier molecular flexibility index (Phi) is 5.33. The standard InChI is InChI=1S/C16H21BrN2O.ClH/c17-13-6-4-5-12-11(13)7-8-14(12)19-15(20)16(18)9-2-1-3-10-16;/h4-6,14H,1-3,7-10,18H2,(H,19,20);1H. The molecule has 116 valence electrons. The van der Waals surface area contributed by atoms with Crippen LogP contribution in [-0.2, 0) is 11.2 Å². The van der Waals surface area contributed by atoms with Crippen molar-refractivity contribution >= 4 is 34.2 Å². The fraction of sp³-hybridized carbons (Fsp3) is 0.562. The Hall–Kier alpha value is -0.580. The molecule has 2 aliphatic rings. The Balaban J connectivity index is 0.00000161. The van der Waals surface area contributed by atoms with Gasteiger partial charge in [-0.3, -0.25) is 4.79 Å². The molecule has 0 radical (unpaired) electrons. The number of rotatable bonds is 2. The first kappa shape index (κ1) is 16.8. The van der Waals surface area contributed by atoms with E-state index in [0.29, 0.717) is 0 Å². The monoisotopic (exact) mass is 372 g/mol. The molecule has 1 unspecified atom stereocenters. The van der Waals surface area contributed by atoms with Crippen LogP contribution in [0.2, 0.25) is 0 Å². The average molecular weight is 374 g/mol. The molecule has 0 aromatic heterocycles. The van der Waals surface area contributed by atoms with E-state index in [2.05, 4.69) is 33.4 Å². The lowest BCUT2D eigenvalue weighted by Gasteiger charge is -2.33. The number of hydrogen-bond donors (Lipinski definition) is 2. The van der Waals surface area contributed by atoms with Crippen LogP contribution in [0.5, 0.6) is 0 Å². The maximum atomic E-state index is 12.5. The third-order valence-corrected chi connectivity index (χ3v) is 5.46. The van der Waals surface area contributed by atoms with Gasteiger partial charge in [0.05, 0.1) is 11.6 Å². The van der Waals surface area contributed by atoms with Crippen LogP contribution in [0.15, 0.2) is 22.7 Å². The smallest absolute Gasteiger partial charge is 0.240 e. The first-order valence-electron chi connectivity index (χ1n) is 7.47. The molecule has 1 amide bonds. The summed E-state index contributed by atoms with van der Waals surface area (Å²) in [6.07, 6.45) is 6.95. The van der Waals surface area contributed by atoms with Gasteiger partial charge >= 0.3 is 0 Å². The Morgan fingerprint density at radius 2 is 2.00 bits per heavy atom. The highest BCUT2D eigenvalue weighted by Gasteiger charge is 2.37. The number of amides is 1. The highest BCUT2D eigenvalue weighted by atomic mass is 79.9. The molecule has 1 atom stereocenters. The molecule has 0 bridgehead atoms. The molecule has 0 heterocycles. The van der Waals surface area contributed by atoms with Crippen molar-refractivity contribution in [2.45, 2.75) is 56.5 Å². The van der Waals surface area contributed by atoms with E-state index in [4.69, 9.17) is 5.73 Å². The van der Waals surface area contributed by atoms with Crippen LogP contribution in [0.3, 0.4) is 0 Å². The van der Waals surface area contributed by atoms with Gasteiger partial charge in [0, 0.05) is 4.47 Å². The fourth-order valence-electron chi connectivity index (χ4n) is 3.47. The van der Waals surface area contributed by atoms with E-state index in [1.54, 1.807) is 0 Å². The molecule has 3 rings (SSSR count). The number of nitrogens with one attached hydrogen (secondary N) is 1. The van der Waals surface area contributed by atoms with E-state index in [9.17, 15) is 4.79 Å². The summed E-state index contributed by atoms with van der Waals surface area (Å²) < 4.78 is 1.15. The molecule has 0 saturated heterocycles. The number of nitrogens with two attached hydrogens (primary N) is 1. The van der Waals surface area contributed by atoms with Gasteiger partial charge in [-0.2, -0.15) is 0 Å². The summed E-state index contributed by atoms with van der Waals surface area (Å²) in [5, 5.41) is 3.19. The second-order valence-electron chi connectivity index (χ2n) is 6.09. The van der Waals surface area contributed by atoms with Crippen molar-refractivity contribution in [2.24, 2.45) is 5.73 Å². The molecule has 1 fully saturated rings. The summed E-state index contributed by atoms with van der Waals surface area (Å²) in [5.41, 5.74) is 8.23. The maximum Gasteiger partial charge on any atom is 0.240 e. The normalized spacial score (nSPS) is 23.0. The van der Waals surface area contributed by atoms with Crippen molar-refractivity contribution in [1.82, 2.24) is 5.32 Å². The molecule has 2 aliphatic carbocycles. The Morgan fingerprint density at radius 1 is 1.29 bits per heavy atom. The molecule has 3 N–H and O–H groups in total. The number of halogens is 2. The van der Waals surface area contributed by atoms with Crippen molar-refractivity contribution in [1.29, 1.82) is 0 Å². The lowest BCUT2D eigenvalue weighted by atomic mass is 9.81. The molecular formula is C16H22BrClN2O. The minimum Gasteiger partial charge on any atom is -0.348 e. The summed E-state index contributed by atoms with van der Waals surface area (Å²) in [5.74, 6) is 0.0371. The average Bonchev–Trinajstić information content (AvgIpc) is 2.84. The first-order chi connectivity index (χ1) is 9.60. The van der Waals surface area contributed by atoms with E-state index in [-0.39, 0.29) is 24.4 Å². The lowest BCUT2D eigenvalue weighted by Crippen LogP contribution is -2.55. The number of benzene rings is 1. The van der Waals surface area contributed by atoms with E-state index in [1.807, 2.05) is 6.07 Å². The minimum atomic E-state index is -0.646. The predicted octanol–water partition coefficient (Wildman–Crippen LogP) is 3.64. The minimum absolute atomic E-state index is 0. The van der Waals surface area contributed by atoms with Crippen LogP contribution < -0.4 is 11.1 Å². The van der Waals surface area contributed by atoms with Gasteiger partial charge in [-0.25, -0.2) is 0 Å². The number of carbonyl (C=O) groups is 1. The molecular weight excluding hydrogens is 352 g/mol. The van der Waals surface area contributed by atoms with Crippen LogP contribution in [0.25, 0.3) is 0 Å². The third-order valence-electron chi connectivity index (χ3n) is 4.72. The topological polar surface area (TPSA) is 55.1 Å². The quantitative estimate of drug-likeness (QED) is 0.831. The fourth-order valence-corrected chi connectivity index (χ4v) is 4.05. The van der Waals surface area contributed by atoms with Gasteiger partial charge in [-0.05, 0) is 42.9 Å². The molecule has 5 heteroatoms. The Bertz CT molecular complexity index is 529.